The SMILES string of the molecule is CC.CCc1nc(C2Oc3cc(Br)cc(F)c3C3Cc4cc(Cl)ccc4N32)sc1C. The van der Waals surface area contributed by atoms with Crippen LogP contribution in [0.2, 0.25) is 5.02 Å². The Morgan fingerprint density at radius 3 is 2.77 bits per heavy atom. The summed E-state index contributed by atoms with van der Waals surface area (Å²) in [4.78, 5) is 8.19. The first-order valence-corrected chi connectivity index (χ1v) is 12.1. The highest BCUT2D eigenvalue weighted by molar-refractivity contribution is 9.10. The number of rotatable bonds is 2. The number of aromatic nitrogens is 1. The second kappa shape index (κ2) is 8.48. The van der Waals surface area contributed by atoms with Gasteiger partial charge in [0.15, 0.2) is 5.01 Å². The van der Waals surface area contributed by atoms with Crippen LogP contribution in [0.4, 0.5) is 10.1 Å². The lowest BCUT2D eigenvalue weighted by atomic mass is 9.99. The van der Waals surface area contributed by atoms with Crippen molar-refractivity contribution >= 4 is 44.6 Å². The predicted molar refractivity (Wildman–Crippen MR) is 125 cm³/mol. The maximum absolute atomic E-state index is 14.9. The Bertz CT molecular complexity index is 1100. The molecular formula is C23H23BrClFN2OS. The van der Waals surface area contributed by atoms with E-state index in [0.717, 1.165) is 28.4 Å². The number of halogens is 3. The maximum atomic E-state index is 14.9. The molecule has 0 bridgehead atoms. The number of fused-ring (bicyclic) bond motifs is 5. The molecule has 7 heteroatoms. The zero-order chi connectivity index (χ0) is 21.6. The van der Waals surface area contributed by atoms with Gasteiger partial charge in [0.1, 0.15) is 11.6 Å². The Labute approximate surface area is 194 Å². The fourth-order valence-corrected chi connectivity index (χ4v) is 5.83. The minimum Gasteiger partial charge on any atom is -0.463 e. The quantitative estimate of drug-likeness (QED) is 0.352. The summed E-state index contributed by atoms with van der Waals surface area (Å²) in [5, 5.41) is 1.58. The summed E-state index contributed by atoms with van der Waals surface area (Å²) in [6, 6.07) is 9.03. The van der Waals surface area contributed by atoms with Gasteiger partial charge < -0.3 is 9.64 Å². The summed E-state index contributed by atoms with van der Waals surface area (Å²) in [7, 11) is 0. The zero-order valence-corrected chi connectivity index (χ0v) is 20.5. The normalized spacial score (nSPS) is 18.7. The van der Waals surface area contributed by atoms with Crippen LogP contribution in [0, 0.1) is 12.7 Å². The number of anilines is 1. The Balaban J connectivity index is 0.00000106. The molecule has 0 N–H and O–H groups in total. The van der Waals surface area contributed by atoms with E-state index >= 15 is 0 Å². The van der Waals surface area contributed by atoms with Gasteiger partial charge in [0.05, 0.1) is 17.3 Å². The van der Waals surface area contributed by atoms with E-state index in [1.807, 2.05) is 38.1 Å². The average molecular weight is 510 g/mol. The molecule has 2 unspecified atom stereocenters. The third-order valence-electron chi connectivity index (χ3n) is 5.40. The van der Waals surface area contributed by atoms with Crippen molar-refractivity contribution in [1.29, 1.82) is 0 Å². The van der Waals surface area contributed by atoms with Crippen LogP contribution in [0.5, 0.6) is 5.75 Å². The molecule has 30 heavy (non-hydrogen) atoms. The van der Waals surface area contributed by atoms with Crippen molar-refractivity contribution in [2.75, 3.05) is 4.90 Å². The summed E-state index contributed by atoms with van der Waals surface area (Å²) in [6.45, 7) is 8.19. The number of aryl methyl sites for hydroxylation is 2. The van der Waals surface area contributed by atoms with Gasteiger partial charge in [-0.25, -0.2) is 9.37 Å². The number of hydrogen-bond acceptors (Lipinski definition) is 4. The summed E-state index contributed by atoms with van der Waals surface area (Å²) >= 11 is 11.3. The Kier molecular flexibility index (Phi) is 6.11. The van der Waals surface area contributed by atoms with E-state index in [1.165, 1.54) is 10.9 Å². The van der Waals surface area contributed by atoms with Gasteiger partial charge >= 0.3 is 0 Å². The Morgan fingerprint density at radius 1 is 1.30 bits per heavy atom. The van der Waals surface area contributed by atoms with E-state index in [9.17, 15) is 4.39 Å². The molecule has 0 saturated heterocycles. The van der Waals surface area contributed by atoms with Gasteiger partial charge in [-0.3, -0.25) is 0 Å². The molecule has 5 rings (SSSR count). The van der Waals surface area contributed by atoms with Crippen LogP contribution >= 0.6 is 38.9 Å². The second-order valence-electron chi connectivity index (χ2n) is 7.08. The molecule has 0 fully saturated rings. The number of nitrogens with zero attached hydrogens (tertiary/aromatic N) is 2. The van der Waals surface area contributed by atoms with Crippen molar-refractivity contribution in [3.05, 3.63) is 72.4 Å². The van der Waals surface area contributed by atoms with E-state index < -0.39 is 6.23 Å². The van der Waals surface area contributed by atoms with Gasteiger partial charge in [0.2, 0.25) is 6.23 Å². The molecule has 2 aliphatic rings. The standard InChI is InChI=1S/C21H17BrClFN2OS.C2H6/c1-3-15-10(2)28-20(25-15)21-26-16-5-4-13(23)6-11(16)7-17(26)19-14(24)8-12(22)9-18(19)27-21;1-2/h4-6,8-9,17,21H,3,7H2,1-2H3;1-2H3. The minimum absolute atomic E-state index is 0.149. The van der Waals surface area contributed by atoms with Crippen LogP contribution in [0.25, 0.3) is 0 Å². The third-order valence-corrected chi connectivity index (χ3v) is 7.14. The smallest absolute Gasteiger partial charge is 0.225 e. The van der Waals surface area contributed by atoms with Gasteiger partial charge in [-0.1, -0.05) is 48.3 Å². The maximum Gasteiger partial charge on any atom is 0.225 e. The Morgan fingerprint density at radius 2 is 2.07 bits per heavy atom. The highest BCUT2D eigenvalue weighted by Gasteiger charge is 2.45. The van der Waals surface area contributed by atoms with E-state index in [2.05, 4.69) is 34.7 Å². The summed E-state index contributed by atoms with van der Waals surface area (Å²) < 4.78 is 22.0. The lowest BCUT2D eigenvalue weighted by molar-refractivity contribution is 0.164. The van der Waals surface area contributed by atoms with Gasteiger partial charge in [-0.2, -0.15) is 0 Å². The highest BCUT2D eigenvalue weighted by atomic mass is 79.9. The average Bonchev–Trinajstić information content (AvgIpc) is 3.28. The molecule has 2 aliphatic heterocycles. The third kappa shape index (κ3) is 3.53. The number of benzene rings is 2. The van der Waals surface area contributed by atoms with Crippen molar-refractivity contribution in [2.24, 2.45) is 0 Å². The van der Waals surface area contributed by atoms with Crippen LogP contribution < -0.4 is 9.64 Å². The first-order chi connectivity index (χ1) is 14.5. The van der Waals surface area contributed by atoms with Crippen molar-refractivity contribution in [2.45, 2.75) is 52.8 Å². The summed E-state index contributed by atoms with van der Waals surface area (Å²) in [5.74, 6) is 0.309. The molecule has 3 nitrogen and oxygen atoms in total. The molecule has 0 amide bonds. The topological polar surface area (TPSA) is 25.4 Å². The molecule has 0 radical (unpaired) electrons. The van der Waals surface area contributed by atoms with E-state index in [1.54, 1.807) is 11.3 Å². The van der Waals surface area contributed by atoms with Gasteiger partial charge in [-0.05, 0) is 55.7 Å². The molecule has 2 atom stereocenters. The van der Waals surface area contributed by atoms with Crippen molar-refractivity contribution in [1.82, 2.24) is 4.98 Å². The van der Waals surface area contributed by atoms with E-state index in [0.29, 0.717) is 27.2 Å². The molecule has 3 aromatic rings. The highest BCUT2D eigenvalue weighted by Crippen LogP contribution is 2.53. The first-order valence-electron chi connectivity index (χ1n) is 10.1. The van der Waals surface area contributed by atoms with Crippen LogP contribution in [-0.4, -0.2) is 4.98 Å². The summed E-state index contributed by atoms with van der Waals surface area (Å²) in [5.41, 5.74) is 3.81. The Hall–Kier alpha value is -1.63. The molecule has 158 valence electrons. The van der Waals surface area contributed by atoms with Crippen LogP contribution in [0.15, 0.2) is 34.8 Å². The second-order valence-corrected chi connectivity index (χ2v) is 9.67. The lowest BCUT2D eigenvalue weighted by Gasteiger charge is -2.40. The van der Waals surface area contributed by atoms with Crippen LogP contribution in [0.3, 0.4) is 0 Å². The van der Waals surface area contributed by atoms with Gasteiger partial charge in [0, 0.05) is 20.1 Å². The van der Waals surface area contributed by atoms with Crippen LogP contribution in [0.1, 0.15) is 59.7 Å². The van der Waals surface area contributed by atoms with Gasteiger partial charge in [-0.15, -0.1) is 11.3 Å². The molecular weight excluding hydrogens is 487 g/mol. The molecule has 3 heterocycles. The zero-order valence-electron chi connectivity index (χ0n) is 17.3. The van der Waals surface area contributed by atoms with E-state index in [-0.39, 0.29) is 11.9 Å². The van der Waals surface area contributed by atoms with Crippen molar-refractivity contribution < 1.29 is 9.13 Å². The summed E-state index contributed by atoms with van der Waals surface area (Å²) in [6.07, 6.45) is 1.17. The predicted octanol–water partition coefficient (Wildman–Crippen LogP) is 7.79. The van der Waals surface area contributed by atoms with Crippen LogP contribution in [-0.2, 0) is 12.8 Å². The molecule has 0 saturated carbocycles. The number of ether oxygens (including phenoxy) is 1. The largest absolute Gasteiger partial charge is 0.463 e. The monoisotopic (exact) mass is 508 g/mol. The molecule has 0 aliphatic carbocycles. The fourth-order valence-electron chi connectivity index (χ4n) is 4.19. The van der Waals surface area contributed by atoms with Gasteiger partial charge in [0.25, 0.3) is 0 Å². The molecule has 1 aromatic heterocycles. The number of thiazole rings is 1. The van der Waals surface area contributed by atoms with Crippen molar-refractivity contribution in [3.8, 4) is 5.75 Å². The van der Waals surface area contributed by atoms with Crippen molar-refractivity contribution in [3.63, 3.8) is 0 Å². The molecule has 0 spiro atoms. The molecule has 2 aromatic carbocycles. The fraction of sp³-hybridized carbons (Fsp3) is 0.348. The number of hydrogen-bond donors (Lipinski definition) is 0. The first kappa shape index (κ1) is 21.6. The van der Waals surface area contributed by atoms with E-state index in [4.69, 9.17) is 21.3 Å². The minimum atomic E-state index is -0.391. The lowest BCUT2D eigenvalue weighted by Crippen LogP contribution is -2.38.